The number of nitrogens with zero attached hydrogens (tertiary/aromatic N) is 3. The van der Waals surface area contributed by atoms with E-state index < -0.39 is 6.09 Å². The zero-order valence-corrected chi connectivity index (χ0v) is 14.9. The lowest BCUT2D eigenvalue weighted by molar-refractivity contribution is 0.149. The summed E-state index contributed by atoms with van der Waals surface area (Å²) in [7, 11) is 3.25. The van der Waals surface area contributed by atoms with Crippen LogP contribution in [0.25, 0.3) is 11.3 Å². The lowest BCUT2D eigenvalue weighted by Gasteiger charge is -2.16. The van der Waals surface area contributed by atoms with Crippen LogP contribution in [0.3, 0.4) is 0 Å². The molecule has 0 saturated carbocycles. The van der Waals surface area contributed by atoms with Crippen LogP contribution in [-0.4, -0.2) is 47.0 Å². The molecule has 0 spiro atoms. The van der Waals surface area contributed by atoms with Crippen LogP contribution in [0, 0.1) is 0 Å². The summed E-state index contributed by atoms with van der Waals surface area (Å²) in [5.74, 6) is 0.0913. The van der Waals surface area contributed by atoms with E-state index in [1.54, 1.807) is 32.4 Å². The molecule has 9 heteroatoms. The Morgan fingerprint density at radius 2 is 2.00 bits per heavy atom. The summed E-state index contributed by atoms with van der Waals surface area (Å²) < 4.78 is 18.4. The van der Waals surface area contributed by atoms with Crippen molar-refractivity contribution in [3.63, 3.8) is 0 Å². The number of amides is 1. The fraction of sp³-hybridized carbons (Fsp3) is 0.357. The molecule has 1 amide bonds. The van der Waals surface area contributed by atoms with Gasteiger partial charge in [0.15, 0.2) is 5.69 Å². The van der Waals surface area contributed by atoms with Crippen LogP contribution in [0.4, 0.5) is 4.79 Å². The SMILES string of the molecule is COCCCN(C)C(=O)Oc1nsnc1-c1c(Cl)cccc1Cl. The van der Waals surface area contributed by atoms with Crippen LogP contribution < -0.4 is 4.74 Å². The van der Waals surface area contributed by atoms with E-state index in [0.29, 0.717) is 40.9 Å². The maximum atomic E-state index is 12.1. The molecule has 0 atom stereocenters. The van der Waals surface area contributed by atoms with Crippen molar-refractivity contribution >= 4 is 41.0 Å². The molecule has 1 aromatic carbocycles. The molecule has 124 valence electrons. The smallest absolute Gasteiger partial charge is 0.388 e. The molecule has 1 aromatic heterocycles. The first-order chi connectivity index (χ1) is 11.0. The molecule has 0 fully saturated rings. The fourth-order valence-corrected chi connectivity index (χ4v) is 2.89. The first-order valence-electron chi connectivity index (χ1n) is 6.73. The first-order valence-corrected chi connectivity index (χ1v) is 8.22. The highest BCUT2D eigenvalue weighted by Crippen LogP contribution is 2.38. The number of carbonyl (C=O) groups excluding carboxylic acids is 1. The zero-order valence-electron chi connectivity index (χ0n) is 12.6. The van der Waals surface area contributed by atoms with Gasteiger partial charge in [0.1, 0.15) is 0 Å². The molecule has 23 heavy (non-hydrogen) atoms. The monoisotopic (exact) mass is 375 g/mol. The number of hydrogen-bond donors (Lipinski definition) is 0. The van der Waals surface area contributed by atoms with Crippen molar-refractivity contribution in [2.75, 3.05) is 27.3 Å². The van der Waals surface area contributed by atoms with Crippen LogP contribution >= 0.6 is 34.9 Å². The highest BCUT2D eigenvalue weighted by molar-refractivity contribution is 6.99. The predicted octanol–water partition coefficient (Wildman–Crippen LogP) is 3.98. The third-order valence-electron chi connectivity index (χ3n) is 3.00. The van der Waals surface area contributed by atoms with E-state index in [2.05, 4.69) is 8.75 Å². The van der Waals surface area contributed by atoms with E-state index in [4.69, 9.17) is 32.7 Å². The predicted molar refractivity (Wildman–Crippen MR) is 90.5 cm³/mol. The Morgan fingerprint density at radius 3 is 2.65 bits per heavy atom. The number of halogens is 2. The third kappa shape index (κ3) is 4.54. The van der Waals surface area contributed by atoms with Crippen LogP contribution in [0.2, 0.25) is 10.0 Å². The van der Waals surface area contributed by atoms with Gasteiger partial charge in [-0.2, -0.15) is 4.37 Å². The van der Waals surface area contributed by atoms with Gasteiger partial charge < -0.3 is 14.4 Å². The van der Waals surface area contributed by atoms with E-state index in [-0.39, 0.29) is 5.88 Å². The number of benzene rings is 1. The second-order valence-electron chi connectivity index (χ2n) is 4.65. The lowest BCUT2D eigenvalue weighted by Crippen LogP contribution is -2.31. The number of hydrogen-bond acceptors (Lipinski definition) is 6. The molecule has 0 bridgehead atoms. The molecule has 0 radical (unpaired) electrons. The van der Waals surface area contributed by atoms with Gasteiger partial charge >= 0.3 is 6.09 Å². The maximum absolute atomic E-state index is 12.1. The van der Waals surface area contributed by atoms with Crippen molar-refractivity contribution in [1.29, 1.82) is 0 Å². The van der Waals surface area contributed by atoms with Gasteiger partial charge in [-0.05, 0) is 18.6 Å². The van der Waals surface area contributed by atoms with Crippen molar-refractivity contribution in [2.24, 2.45) is 0 Å². The summed E-state index contributed by atoms with van der Waals surface area (Å²) in [5.41, 5.74) is 0.846. The van der Waals surface area contributed by atoms with Crippen molar-refractivity contribution in [1.82, 2.24) is 13.6 Å². The number of methoxy groups -OCH3 is 1. The Hall–Kier alpha value is -1.41. The summed E-state index contributed by atoms with van der Waals surface area (Å²) in [6.45, 7) is 1.07. The molecule has 2 aromatic rings. The molecular weight excluding hydrogens is 361 g/mol. The van der Waals surface area contributed by atoms with Crippen LogP contribution in [0.5, 0.6) is 5.88 Å². The molecule has 6 nitrogen and oxygen atoms in total. The zero-order chi connectivity index (χ0) is 16.8. The molecule has 0 aliphatic carbocycles. The van der Waals surface area contributed by atoms with Gasteiger partial charge in [-0.25, -0.2) is 4.79 Å². The van der Waals surface area contributed by atoms with E-state index in [0.717, 1.165) is 11.7 Å². The quantitative estimate of drug-likeness (QED) is 0.714. The third-order valence-corrected chi connectivity index (χ3v) is 4.14. The molecule has 0 saturated heterocycles. The highest BCUT2D eigenvalue weighted by Gasteiger charge is 2.21. The Morgan fingerprint density at radius 1 is 1.30 bits per heavy atom. The second kappa shape index (κ2) is 8.44. The van der Waals surface area contributed by atoms with E-state index in [9.17, 15) is 4.79 Å². The minimum Gasteiger partial charge on any atom is -0.388 e. The van der Waals surface area contributed by atoms with Crippen molar-refractivity contribution in [3.8, 4) is 17.1 Å². The molecule has 0 unspecified atom stereocenters. The summed E-state index contributed by atoms with van der Waals surface area (Å²) in [5, 5.41) is 0.826. The van der Waals surface area contributed by atoms with Crippen LogP contribution in [-0.2, 0) is 4.74 Å². The lowest BCUT2D eigenvalue weighted by atomic mass is 10.1. The Bertz CT molecular complexity index is 661. The first kappa shape index (κ1) is 17.9. The van der Waals surface area contributed by atoms with Gasteiger partial charge in [0, 0.05) is 32.9 Å². The van der Waals surface area contributed by atoms with Gasteiger partial charge in [-0.15, -0.1) is 4.37 Å². The summed E-state index contributed by atoms with van der Waals surface area (Å²) in [6.07, 6.45) is 0.180. The van der Waals surface area contributed by atoms with Crippen molar-refractivity contribution < 1.29 is 14.3 Å². The largest absolute Gasteiger partial charge is 0.416 e. The summed E-state index contributed by atoms with van der Waals surface area (Å²) >= 11 is 13.2. The summed E-state index contributed by atoms with van der Waals surface area (Å²) in [4.78, 5) is 13.5. The average Bonchev–Trinajstić information content (AvgIpc) is 2.95. The molecule has 0 aliphatic rings. The topological polar surface area (TPSA) is 64.5 Å². The normalized spacial score (nSPS) is 10.6. The Balaban J connectivity index is 2.14. The number of aromatic nitrogens is 2. The van der Waals surface area contributed by atoms with Gasteiger partial charge in [0.05, 0.1) is 21.8 Å². The molecule has 2 rings (SSSR count). The molecular formula is C14H15Cl2N3O3S. The Labute approximate surface area is 148 Å². The van der Waals surface area contributed by atoms with Crippen LogP contribution in [0.15, 0.2) is 18.2 Å². The standard InChI is InChI=1S/C14H15Cl2N3O3S/c1-19(7-4-8-21-2)14(20)22-13-12(17-23-18-13)11-9(15)5-3-6-10(11)16/h3,5-6H,4,7-8H2,1-2H3. The Kier molecular flexibility index (Phi) is 6.59. The van der Waals surface area contributed by atoms with Crippen molar-refractivity contribution in [2.45, 2.75) is 6.42 Å². The molecule has 0 N–H and O–H groups in total. The van der Waals surface area contributed by atoms with E-state index in [1.807, 2.05) is 0 Å². The van der Waals surface area contributed by atoms with Crippen LogP contribution in [0.1, 0.15) is 6.42 Å². The molecule has 1 heterocycles. The van der Waals surface area contributed by atoms with E-state index in [1.165, 1.54) is 4.90 Å². The molecule has 0 aliphatic heterocycles. The van der Waals surface area contributed by atoms with Gasteiger partial charge in [-0.3, -0.25) is 0 Å². The number of rotatable bonds is 6. The van der Waals surface area contributed by atoms with Gasteiger partial charge in [-0.1, -0.05) is 29.3 Å². The number of ether oxygens (including phenoxy) is 2. The van der Waals surface area contributed by atoms with Gasteiger partial charge in [0.25, 0.3) is 5.88 Å². The van der Waals surface area contributed by atoms with E-state index >= 15 is 0 Å². The highest BCUT2D eigenvalue weighted by atomic mass is 35.5. The van der Waals surface area contributed by atoms with Crippen molar-refractivity contribution in [3.05, 3.63) is 28.2 Å². The average molecular weight is 376 g/mol. The number of carbonyl (C=O) groups is 1. The van der Waals surface area contributed by atoms with Gasteiger partial charge in [0.2, 0.25) is 0 Å². The minimum absolute atomic E-state index is 0.0913. The minimum atomic E-state index is -0.529. The fourth-order valence-electron chi connectivity index (χ4n) is 1.82. The maximum Gasteiger partial charge on any atom is 0.416 e. The second-order valence-corrected chi connectivity index (χ2v) is 5.99. The summed E-state index contributed by atoms with van der Waals surface area (Å²) in [6, 6.07) is 5.10.